The lowest BCUT2D eigenvalue weighted by atomic mass is 9.87. The number of carbonyl (C=O) groups is 2. The minimum absolute atomic E-state index is 0.134. The van der Waals surface area contributed by atoms with Crippen molar-refractivity contribution in [3.8, 4) is 6.07 Å². The predicted octanol–water partition coefficient (Wildman–Crippen LogP) is 1.53. The number of anilines is 1. The lowest BCUT2D eigenvalue weighted by molar-refractivity contribution is -0.305. The molecule has 6 heteroatoms. The van der Waals surface area contributed by atoms with Crippen LogP contribution in [0.25, 0.3) is 0 Å². The van der Waals surface area contributed by atoms with Gasteiger partial charge < -0.3 is 15.2 Å². The van der Waals surface area contributed by atoms with Crippen molar-refractivity contribution in [1.82, 2.24) is 0 Å². The summed E-state index contributed by atoms with van der Waals surface area (Å²) in [7, 11) is 0. The summed E-state index contributed by atoms with van der Waals surface area (Å²) in [6.45, 7) is 2.09. The Morgan fingerprint density at radius 2 is 2.25 bits per heavy atom. The average Bonchev–Trinajstić information content (AvgIpc) is 2.75. The van der Waals surface area contributed by atoms with E-state index >= 15 is 0 Å². The van der Waals surface area contributed by atoms with Gasteiger partial charge in [-0.3, -0.25) is 4.79 Å². The molecule has 0 fully saturated rings. The molecule has 1 aromatic heterocycles. The molecule has 1 amide bonds. The van der Waals surface area contributed by atoms with Crippen LogP contribution in [0.4, 0.5) is 5.00 Å². The van der Waals surface area contributed by atoms with E-state index in [4.69, 9.17) is 0 Å². The van der Waals surface area contributed by atoms with E-state index in [-0.39, 0.29) is 12.8 Å². The van der Waals surface area contributed by atoms with Gasteiger partial charge in [0.15, 0.2) is 0 Å². The van der Waals surface area contributed by atoms with Gasteiger partial charge in [-0.2, -0.15) is 5.26 Å². The van der Waals surface area contributed by atoms with Gasteiger partial charge in [-0.15, -0.1) is 11.3 Å². The smallest absolute Gasteiger partial charge is 0.225 e. The predicted molar refractivity (Wildman–Crippen MR) is 73.3 cm³/mol. The lowest BCUT2D eigenvalue weighted by Crippen LogP contribution is -2.24. The molecule has 20 heavy (non-hydrogen) atoms. The third-order valence-electron chi connectivity index (χ3n) is 3.48. The number of nitriles is 1. The summed E-state index contributed by atoms with van der Waals surface area (Å²) in [5.41, 5.74) is 1.60. The number of aliphatic carboxylic acids is 1. The van der Waals surface area contributed by atoms with Gasteiger partial charge >= 0.3 is 0 Å². The highest BCUT2D eigenvalue weighted by Gasteiger charge is 2.26. The molecule has 0 bridgehead atoms. The summed E-state index contributed by atoms with van der Waals surface area (Å²) >= 11 is 1.44. The zero-order valence-electron chi connectivity index (χ0n) is 11.2. The molecule has 106 valence electrons. The number of carbonyl (C=O) groups excluding carboxylic acids is 2. The van der Waals surface area contributed by atoms with Gasteiger partial charge in [-0.25, -0.2) is 0 Å². The molecule has 0 saturated carbocycles. The summed E-state index contributed by atoms with van der Waals surface area (Å²) in [6.07, 6.45) is 2.64. The topological polar surface area (TPSA) is 93.0 Å². The maximum absolute atomic E-state index is 11.7. The van der Waals surface area contributed by atoms with E-state index in [0.717, 1.165) is 29.7 Å². The van der Waals surface area contributed by atoms with Crippen molar-refractivity contribution < 1.29 is 14.7 Å². The molecule has 0 radical (unpaired) electrons. The van der Waals surface area contributed by atoms with Crippen molar-refractivity contribution in [3.05, 3.63) is 16.0 Å². The Balaban J connectivity index is 2.19. The summed E-state index contributed by atoms with van der Waals surface area (Å²) in [5.74, 6) is -1.31. The lowest BCUT2D eigenvalue weighted by Gasteiger charge is -2.18. The molecule has 1 aliphatic rings. The van der Waals surface area contributed by atoms with Crippen LogP contribution >= 0.6 is 11.3 Å². The Morgan fingerprint density at radius 1 is 1.50 bits per heavy atom. The highest BCUT2D eigenvalue weighted by molar-refractivity contribution is 7.16. The number of hydrogen-bond donors (Lipinski definition) is 1. The maximum atomic E-state index is 11.7. The van der Waals surface area contributed by atoms with Crippen LogP contribution in [0.1, 0.15) is 54.5 Å². The molecule has 0 spiro atoms. The number of nitrogens with zero attached hydrogens (tertiary/aromatic N) is 1. The Bertz CT molecular complexity index is 586. The fourth-order valence-corrected chi connectivity index (χ4v) is 3.84. The summed E-state index contributed by atoms with van der Waals surface area (Å²) in [4.78, 5) is 23.2. The average molecular weight is 291 g/mol. The number of carboxylic acids is 1. The van der Waals surface area contributed by atoms with Gasteiger partial charge in [-0.05, 0) is 37.2 Å². The van der Waals surface area contributed by atoms with E-state index in [1.807, 2.05) is 0 Å². The number of hydrogen-bond acceptors (Lipinski definition) is 5. The Morgan fingerprint density at radius 3 is 2.90 bits per heavy atom. The van der Waals surface area contributed by atoms with Gasteiger partial charge in [0.05, 0.1) is 5.56 Å². The Hall–Kier alpha value is -1.87. The molecule has 1 heterocycles. The SMILES string of the molecule is C[C@H]1CCCc2sc(NC(=O)CCC(=O)[O-])c(C#N)c21. The molecule has 2 rings (SSSR count). The Labute approximate surface area is 121 Å². The van der Waals surface area contributed by atoms with Gasteiger partial charge in [0.1, 0.15) is 11.1 Å². The van der Waals surface area contributed by atoms with Gasteiger partial charge in [0.25, 0.3) is 0 Å². The van der Waals surface area contributed by atoms with Crippen LogP contribution in [-0.2, 0) is 16.0 Å². The number of rotatable bonds is 4. The summed E-state index contributed by atoms with van der Waals surface area (Å²) in [6, 6.07) is 2.17. The fourth-order valence-electron chi connectivity index (χ4n) is 2.51. The van der Waals surface area contributed by atoms with Crippen LogP contribution in [0.5, 0.6) is 0 Å². The first-order valence-corrected chi connectivity index (χ1v) is 7.40. The molecular weight excluding hydrogens is 276 g/mol. The monoisotopic (exact) mass is 291 g/mol. The molecule has 1 aliphatic carbocycles. The van der Waals surface area contributed by atoms with E-state index in [0.29, 0.717) is 16.5 Å². The van der Waals surface area contributed by atoms with Crippen molar-refractivity contribution in [1.29, 1.82) is 5.26 Å². The first kappa shape index (κ1) is 14.5. The zero-order chi connectivity index (χ0) is 14.7. The molecule has 0 unspecified atom stereocenters. The number of fused-ring (bicyclic) bond motifs is 1. The number of thiophene rings is 1. The van der Waals surface area contributed by atoms with Crippen LogP contribution < -0.4 is 10.4 Å². The van der Waals surface area contributed by atoms with Crippen molar-refractivity contribution in [2.75, 3.05) is 5.32 Å². The first-order chi connectivity index (χ1) is 9.52. The Kier molecular flexibility index (Phi) is 4.40. The maximum Gasteiger partial charge on any atom is 0.225 e. The molecule has 0 saturated heterocycles. The molecule has 1 atom stereocenters. The van der Waals surface area contributed by atoms with Crippen LogP contribution in [0, 0.1) is 11.3 Å². The molecule has 0 aliphatic heterocycles. The molecular formula is C14H15N2O3S-. The van der Waals surface area contributed by atoms with Crippen LogP contribution in [0.3, 0.4) is 0 Å². The van der Waals surface area contributed by atoms with Crippen LogP contribution in [0.2, 0.25) is 0 Å². The van der Waals surface area contributed by atoms with Crippen molar-refractivity contribution in [2.24, 2.45) is 0 Å². The van der Waals surface area contributed by atoms with E-state index in [1.54, 1.807) is 0 Å². The largest absolute Gasteiger partial charge is 0.550 e. The molecule has 5 nitrogen and oxygen atoms in total. The number of aryl methyl sites for hydroxylation is 1. The quantitative estimate of drug-likeness (QED) is 0.910. The molecule has 1 N–H and O–H groups in total. The highest BCUT2D eigenvalue weighted by atomic mass is 32.1. The molecule has 1 aromatic rings. The third-order valence-corrected chi connectivity index (χ3v) is 4.66. The van der Waals surface area contributed by atoms with Gasteiger partial charge in [-0.1, -0.05) is 6.92 Å². The van der Waals surface area contributed by atoms with E-state index in [9.17, 15) is 20.0 Å². The second kappa shape index (κ2) is 6.06. The van der Waals surface area contributed by atoms with Crippen molar-refractivity contribution in [2.45, 2.75) is 44.9 Å². The highest BCUT2D eigenvalue weighted by Crippen LogP contribution is 2.42. The van der Waals surface area contributed by atoms with Gasteiger partial charge in [0.2, 0.25) is 5.91 Å². The van der Waals surface area contributed by atoms with Crippen molar-refractivity contribution in [3.63, 3.8) is 0 Å². The number of amides is 1. The van der Waals surface area contributed by atoms with E-state index in [1.165, 1.54) is 11.3 Å². The molecule has 0 aromatic carbocycles. The van der Waals surface area contributed by atoms with E-state index in [2.05, 4.69) is 18.3 Å². The van der Waals surface area contributed by atoms with Crippen molar-refractivity contribution >= 4 is 28.2 Å². The first-order valence-electron chi connectivity index (χ1n) is 6.58. The van der Waals surface area contributed by atoms with E-state index < -0.39 is 11.9 Å². The standard InChI is InChI=1S/C14H16N2O3S/c1-8-3-2-4-10-13(8)9(7-15)14(20-10)16-11(17)5-6-12(18)19/h8H,2-6H2,1H3,(H,16,17)(H,18,19)/p-1/t8-/m0/s1. The van der Waals surface area contributed by atoms with Gasteiger partial charge in [0, 0.05) is 17.3 Å². The zero-order valence-corrected chi connectivity index (χ0v) is 12.0. The second-order valence-corrected chi connectivity index (χ2v) is 6.07. The number of nitrogens with one attached hydrogen (secondary N) is 1. The van der Waals surface area contributed by atoms with Crippen LogP contribution in [0.15, 0.2) is 0 Å². The minimum Gasteiger partial charge on any atom is -0.550 e. The third kappa shape index (κ3) is 2.99. The number of carboxylic acid groups (broad SMARTS) is 1. The fraction of sp³-hybridized carbons (Fsp3) is 0.500. The normalized spacial score (nSPS) is 17.1. The minimum atomic E-state index is -1.25. The second-order valence-electron chi connectivity index (χ2n) is 4.97. The summed E-state index contributed by atoms with van der Waals surface area (Å²) in [5, 5.41) is 22.9. The summed E-state index contributed by atoms with van der Waals surface area (Å²) < 4.78 is 0. The van der Waals surface area contributed by atoms with Crippen LogP contribution in [-0.4, -0.2) is 11.9 Å².